The summed E-state index contributed by atoms with van der Waals surface area (Å²) in [5.74, 6) is 0. The van der Waals surface area contributed by atoms with Gasteiger partial charge in [-0.15, -0.1) is 0 Å². The Kier molecular flexibility index (Phi) is 4.14. The predicted molar refractivity (Wildman–Crippen MR) is 75.6 cm³/mol. The van der Waals surface area contributed by atoms with Crippen LogP contribution in [0.15, 0.2) is 4.47 Å². The van der Waals surface area contributed by atoms with E-state index in [9.17, 15) is 0 Å². The fourth-order valence-corrected chi connectivity index (χ4v) is 3.19. The van der Waals surface area contributed by atoms with E-state index in [2.05, 4.69) is 39.6 Å². The van der Waals surface area contributed by atoms with Crippen molar-refractivity contribution in [3.05, 3.63) is 15.9 Å². The van der Waals surface area contributed by atoms with Gasteiger partial charge in [0, 0.05) is 25.1 Å². The summed E-state index contributed by atoms with van der Waals surface area (Å²) in [6.45, 7) is 8.64. The van der Waals surface area contributed by atoms with Gasteiger partial charge >= 0.3 is 0 Å². The second kappa shape index (κ2) is 5.31. The Morgan fingerprint density at radius 2 is 2.33 bits per heavy atom. The van der Waals surface area contributed by atoms with Crippen molar-refractivity contribution in [2.45, 2.75) is 46.3 Å². The fraction of sp³-hybridized carbons (Fsp3) is 0.769. The normalized spacial score (nSPS) is 27.9. The van der Waals surface area contributed by atoms with Gasteiger partial charge in [-0.25, -0.2) is 0 Å². The molecule has 0 spiro atoms. The summed E-state index contributed by atoms with van der Waals surface area (Å²) in [5.41, 5.74) is 8.38. The highest BCUT2D eigenvalue weighted by Crippen LogP contribution is 2.39. The molecule has 2 atom stereocenters. The van der Waals surface area contributed by atoms with Crippen LogP contribution in [0.25, 0.3) is 0 Å². The SMILES string of the molecule is CCn1nc(C)c(Br)c1CC1(CN)CCOC1C. The molecule has 1 fully saturated rings. The van der Waals surface area contributed by atoms with Crippen molar-refractivity contribution in [1.29, 1.82) is 0 Å². The molecule has 2 unspecified atom stereocenters. The van der Waals surface area contributed by atoms with Crippen LogP contribution in [-0.4, -0.2) is 29.0 Å². The third-order valence-corrected chi connectivity index (χ3v) is 5.24. The molecule has 4 nitrogen and oxygen atoms in total. The molecule has 1 aromatic rings. The molecule has 2 rings (SSSR count). The minimum atomic E-state index is 0.0575. The highest BCUT2D eigenvalue weighted by atomic mass is 79.9. The molecule has 0 aliphatic carbocycles. The average molecular weight is 316 g/mol. The van der Waals surface area contributed by atoms with Crippen LogP contribution in [0.2, 0.25) is 0 Å². The van der Waals surface area contributed by atoms with Crippen LogP contribution in [0.4, 0.5) is 0 Å². The first-order chi connectivity index (χ1) is 8.54. The van der Waals surface area contributed by atoms with Crippen LogP contribution >= 0.6 is 15.9 Å². The molecular formula is C13H22BrN3O. The number of nitrogens with zero attached hydrogens (tertiary/aromatic N) is 2. The van der Waals surface area contributed by atoms with E-state index in [0.717, 1.165) is 36.2 Å². The van der Waals surface area contributed by atoms with Gasteiger partial charge in [0.05, 0.1) is 22.0 Å². The molecule has 0 bridgehead atoms. The van der Waals surface area contributed by atoms with E-state index in [0.29, 0.717) is 6.54 Å². The van der Waals surface area contributed by atoms with Gasteiger partial charge in [-0.1, -0.05) is 0 Å². The molecule has 0 amide bonds. The zero-order valence-corrected chi connectivity index (χ0v) is 13.0. The Bertz CT molecular complexity index is 432. The van der Waals surface area contributed by atoms with Crippen molar-refractivity contribution < 1.29 is 4.74 Å². The van der Waals surface area contributed by atoms with Crippen LogP contribution < -0.4 is 5.73 Å². The molecule has 102 valence electrons. The van der Waals surface area contributed by atoms with Crippen molar-refractivity contribution in [1.82, 2.24) is 9.78 Å². The Morgan fingerprint density at radius 3 is 2.83 bits per heavy atom. The number of hydrogen-bond acceptors (Lipinski definition) is 3. The van der Waals surface area contributed by atoms with Crippen LogP contribution in [-0.2, 0) is 17.7 Å². The number of aromatic nitrogens is 2. The van der Waals surface area contributed by atoms with E-state index >= 15 is 0 Å². The van der Waals surface area contributed by atoms with Crippen LogP contribution in [0.3, 0.4) is 0 Å². The molecular weight excluding hydrogens is 294 g/mol. The molecule has 0 aromatic carbocycles. The van der Waals surface area contributed by atoms with E-state index in [1.807, 2.05) is 6.92 Å². The molecule has 5 heteroatoms. The average Bonchev–Trinajstić information content (AvgIpc) is 2.85. The number of aryl methyl sites for hydroxylation is 2. The number of halogens is 1. The third-order valence-electron chi connectivity index (χ3n) is 4.21. The van der Waals surface area contributed by atoms with E-state index < -0.39 is 0 Å². The number of ether oxygens (including phenoxy) is 1. The van der Waals surface area contributed by atoms with E-state index in [4.69, 9.17) is 10.5 Å². The summed E-state index contributed by atoms with van der Waals surface area (Å²) in [6, 6.07) is 0. The highest BCUT2D eigenvalue weighted by molar-refractivity contribution is 9.10. The maximum absolute atomic E-state index is 6.03. The monoisotopic (exact) mass is 315 g/mol. The minimum Gasteiger partial charge on any atom is -0.378 e. The number of rotatable bonds is 4. The van der Waals surface area contributed by atoms with Crippen LogP contribution in [0.1, 0.15) is 31.7 Å². The topological polar surface area (TPSA) is 53.1 Å². The summed E-state index contributed by atoms with van der Waals surface area (Å²) >= 11 is 3.66. The van der Waals surface area contributed by atoms with Crippen LogP contribution in [0, 0.1) is 12.3 Å². The first-order valence-corrected chi connectivity index (χ1v) is 7.37. The largest absolute Gasteiger partial charge is 0.378 e. The highest BCUT2D eigenvalue weighted by Gasteiger charge is 2.41. The molecule has 0 radical (unpaired) electrons. The van der Waals surface area contributed by atoms with Gasteiger partial charge in [0.25, 0.3) is 0 Å². The van der Waals surface area contributed by atoms with Gasteiger partial charge in [-0.3, -0.25) is 4.68 Å². The maximum Gasteiger partial charge on any atom is 0.0738 e. The van der Waals surface area contributed by atoms with E-state index in [1.54, 1.807) is 0 Å². The van der Waals surface area contributed by atoms with Gasteiger partial charge in [-0.05, 0) is 49.5 Å². The molecule has 1 saturated heterocycles. The second-order valence-electron chi connectivity index (χ2n) is 5.17. The molecule has 1 aliphatic rings. The molecule has 18 heavy (non-hydrogen) atoms. The molecule has 0 saturated carbocycles. The Balaban J connectivity index is 2.33. The maximum atomic E-state index is 6.03. The van der Waals surface area contributed by atoms with Crippen molar-refractivity contribution in [2.75, 3.05) is 13.2 Å². The Hall–Kier alpha value is -0.390. The smallest absolute Gasteiger partial charge is 0.0738 e. The van der Waals surface area contributed by atoms with Crippen molar-refractivity contribution in [3.8, 4) is 0 Å². The first-order valence-electron chi connectivity index (χ1n) is 6.57. The van der Waals surface area contributed by atoms with Gasteiger partial charge in [-0.2, -0.15) is 5.10 Å². The van der Waals surface area contributed by atoms with Gasteiger partial charge < -0.3 is 10.5 Å². The quantitative estimate of drug-likeness (QED) is 0.927. The predicted octanol–water partition coefficient (Wildman–Crippen LogP) is 2.27. The lowest BCUT2D eigenvalue weighted by atomic mass is 9.77. The lowest BCUT2D eigenvalue weighted by Gasteiger charge is -2.31. The Morgan fingerprint density at radius 1 is 1.61 bits per heavy atom. The second-order valence-corrected chi connectivity index (χ2v) is 5.96. The Labute approximate surface area is 117 Å². The lowest BCUT2D eigenvalue weighted by Crippen LogP contribution is -2.39. The fourth-order valence-electron chi connectivity index (χ4n) is 2.76. The first kappa shape index (κ1) is 14.0. The molecule has 1 aliphatic heterocycles. The number of hydrogen-bond donors (Lipinski definition) is 1. The molecule has 2 N–H and O–H groups in total. The van der Waals surface area contributed by atoms with Crippen molar-refractivity contribution >= 4 is 15.9 Å². The summed E-state index contributed by atoms with van der Waals surface area (Å²) in [5, 5.41) is 4.55. The molecule has 1 aromatic heterocycles. The molecule has 2 heterocycles. The van der Waals surface area contributed by atoms with Crippen LogP contribution in [0.5, 0.6) is 0 Å². The zero-order chi connectivity index (χ0) is 13.3. The van der Waals surface area contributed by atoms with Crippen molar-refractivity contribution in [2.24, 2.45) is 11.1 Å². The summed E-state index contributed by atoms with van der Waals surface area (Å²) in [6.07, 6.45) is 2.18. The summed E-state index contributed by atoms with van der Waals surface area (Å²) in [4.78, 5) is 0. The third kappa shape index (κ3) is 2.24. The number of nitrogens with two attached hydrogens (primary N) is 1. The lowest BCUT2D eigenvalue weighted by molar-refractivity contribution is 0.0663. The summed E-state index contributed by atoms with van der Waals surface area (Å²) in [7, 11) is 0. The van der Waals surface area contributed by atoms with E-state index in [1.165, 1.54) is 5.69 Å². The van der Waals surface area contributed by atoms with Crippen molar-refractivity contribution in [3.63, 3.8) is 0 Å². The van der Waals surface area contributed by atoms with Gasteiger partial charge in [0.15, 0.2) is 0 Å². The van der Waals surface area contributed by atoms with Gasteiger partial charge in [0.2, 0.25) is 0 Å². The zero-order valence-electron chi connectivity index (χ0n) is 11.4. The standard InChI is InChI=1S/C13H22BrN3O/c1-4-17-11(12(14)9(2)16-17)7-13(8-15)5-6-18-10(13)3/h10H,4-8,15H2,1-3H3. The minimum absolute atomic E-state index is 0.0575. The summed E-state index contributed by atoms with van der Waals surface area (Å²) < 4.78 is 8.92. The van der Waals surface area contributed by atoms with E-state index in [-0.39, 0.29) is 11.5 Å². The van der Waals surface area contributed by atoms with Gasteiger partial charge in [0.1, 0.15) is 0 Å².